The van der Waals surface area contributed by atoms with Crippen LogP contribution in [0, 0.1) is 12.8 Å². The summed E-state index contributed by atoms with van der Waals surface area (Å²) in [6.45, 7) is 7.10. The van der Waals surface area contributed by atoms with Crippen LogP contribution >= 0.6 is 0 Å². The van der Waals surface area contributed by atoms with Gasteiger partial charge in [0.2, 0.25) is 5.91 Å². The van der Waals surface area contributed by atoms with E-state index in [9.17, 15) is 27.6 Å². The number of halogens is 3. The molecule has 0 aromatic heterocycles. The lowest BCUT2D eigenvalue weighted by molar-refractivity contribution is -0.138. The Morgan fingerprint density at radius 3 is 2.20 bits per heavy atom. The number of carbonyl (C=O) groups excluding carboxylic acids is 3. The molecule has 2 aliphatic rings. The molecule has 2 fully saturated rings. The highest BCUT2D eigenvalue weighted by Crippen LogP contribution is 2.40. The summed E-state index contributed by atoms with van der Waals surface area (Å²) in [4.78, 5) is 44.1. The first kappa shape index (κ1) is 35.8. The van der Waals surface area contributed by atoms with Gasteiger partial charge in [0.25, 0.3) is 0 Å². The van der Waals surface area contributed by atoms with Crippen LogP contribution in [0.3, 0.4) is 0 Å². The van der Waals surface area contributed by atoms with Crippen LogP contribution < -0.4 is 10.2 Å². The SMILES string of the molecule is Cc1ccc(NC(=O)[C@H]2CCCN(C(=O)OC(C)(C)C)[C@H]2c2ccc(N(C(=O)OCc3ccccc3)C3CCCC3)cc2)cc1C(F)(F)F. The summed E-state index contributed by atoms with van der Waals surface area (Å²) in [5.74, 6) is -1.29. The molecular weight excluding hydrogens is 635 g/mol. The summed E-state index contributed by atoms with van der Waals surface area (Å²) in [5.41, 5.74) is 0.596. The minimum Gasteiger partial charge on any atom is -0.444 e. The van der Waals surface area contributed by atoms with E-state index in [-0.39, 0.29) is 23.9 Å². The molecule has 3 aromatic rings. The van der Waals surface area contributed by atoms with Crippen LogP contribution in [-0.4, -0.2) is 41.2 Å². The van der Waals surface area contributed by atoms with Crippen molar-refractivity contribution in [3.8, 4) is 0 Å². The van der Waals surface area contributed by atoms with Gasteiger partial charge in [0.1, 0.15) is 12.2 Å². The molecule has 8 nitrogen and oxygen atoms in total. The molecule has 262 valence electrons. The van der Waals surface area contributed by atoms with Gasteiger partial charge in [-0.1, -0.05) is 61.4 Å². The molecule has 49 heavy (non-hydrogen) atoms. The van der Waals surface area contributed by atoms with Crippen LogP contribution in [0.1, 0.15) is 87.6 Å². The van der Waals surface area contributed by atoms with E-state index in [0.717, 1.165) is 37.3 Å². The maximum absolute atomic E-state index is 13.8. The van der Waals surface area contributed by atoms with E-state index in [2.05, 4.69) is 5.32 Å². The van der Waals surface area contributed by atoms with Crippen LogP contribution in [0.5, 0.6) is 0 Å². The van der Waals surface area contributed by atoms with Gasteiger partial charge in [-0.05, 0) is 94.3 Å². The van der Waals surface area contributed by atoms with Gasteiger partial charge in [-0.3, -0.25) is 9.69 Å². The fourth-order valence-electron chi connectivity index (χ4n) is 6.70. The molecule has 1 saturated heterocycles. The average molecular weight is 680 g/mol. The van der Waals surface area contributed by atoms with E-state index in [1.807, 2.05) is 30.3 Å². The number of carbonyl (C=O) groups is 3. The standard InChI is InChI=1S/C38H44F3N3O5/c1-25-16-19-28(23-32(25)38(39,40)41)42-34(45)31-15-10-22-43(35(46)49-37(2,3)4)33(31)27-17-20-30(21-18-27)44(29-13-8-9-14-29)36(47)48-24-26-11-6-5-7-12-26/h5-7,11-12,16-21,23,29,31,33H,8-10,13-15,22,24H2,1-4H3,(H,42,45)/t31-,33-/m0/s1. The van der Waals surface area contributed by atoms with Gasteiger partial charge in [0.05, 0.1) is 17.5 Å². The zero-order valence-electron chi connectivity index (χ0n) is 28.4. The smallest absolute Gasteiger partial charge is 0.416 e. The number of amides is 3. The van der Waals surface area contributed by atoms with Crippen LogP contribution in [0.2, 0.25) is 0 Å². The maximum atomic E-state index is 13.8. The molecule has 1 saturated carbocycles. The predicted octanol–water partition coefficient (Wildman–Crippen LogP) is 9.43. The number of nitrogens with zero attached hydrogens (tertiary/aromatic N) is 2. The summed E-state index contributed by atoms with van der Waals surface area (Å²) >= 11 is 0. The number of hydrogen-bond acceptors (Lipinski definition) is 5. The number of anilines is 2. The molecular formula is C38H44F3N3O5. The number of hydrogen-bond donors (Lipinski definition) is 1. The van der Waals surface area contributed by atoms with Gasteiger partial charge in [-0.15, -0.1) is 0 Å². The summed E-state index contributed by atoms with van der Waals surface area (Å²) < 4.78 is 52.4. The molecule has 3 aromatic carbocycles. The number of rotatable bonds is 7. The highest BCUT2D eigenvalue weighted by atomic mass is 19.4. The number of ether oxygens (including phenoxy) is 2. The first-order valence-electron chi connectivity index (χ1n) is 16.8. The Hall–Kier alpha value is -4.54. The average Bonchev–Trinajstić information content (AvgIpc) is 3.58. The Kier molecular flexibility index (Phi) is 10.9. The molecule has 1 N–H and O–H groups in total. The summed E-state index contributed by atoms with van der Waals surface area (Å²) in [5, 5.41) is 2.68. The van der Waals surface area contributed by atoms with Crippen molar-refractivity contribution in [3.05, 3.63) is 95.1 Å². The Morgan fingerprint density at radius 1 is 0.898 bits per heavy atom. The van der Waals surface area contributed by atoms with Gasteiger partial charge in [0, 0.05) is 24.0 Å². The second-order valence-electron chi connectivity index (χ2n) is 13.8. The van der Waals surface area contributed by atoms with Crippen molar-refractivity contribution >= 4 is 29.5 Å². The third-order valence-corrected chi connectivity index (χ3v) is 9.01. The number of aryl methyl sites for hydroxylation is 1. The van der Waals surface area contributed by atoms with E-state index in [1.54, 1.807) is 49.9 Å². The van der Waals surface area contributed by atoms with Crippen LogP contribution in [-0.2, 0) is 27.1 Å². The number of likely N-dealkylation sites (tertiary alicyclic amines) is 1. The fourth-order valence-corrected chi connectivity index (χ4v) is 6.70. The van der Waals surface area contributed by atoms with E-state index in [1.165, 1.54) is 24.0 Å². The van der Waals surface area contributed by atoms with Crippen LogP contribution in [0.15, 0.2) is 72.8 Å². The minimum atomic E-state index is -4.58. The van der Waals surface area contributed by atoms with E-state index < -0.39 is 47.4 Å². The van der Waals surface area contributed by atoms with Crippen molar-refractivity contribution in [2.24, 2.45) is 5.92 Å². The zero-order chi connectivity index (χ0) is 35.3. The second kappa shape index (κ2) is 14.9. The quantitative estimate of drug-likeness (QED) is 0.269. The molecule has 0 unspecified atom stereocenters. The first-order chi connectivity index (χ1) is 23.2. The number of piperidine rings is 1. The Labute approximate surface area is 285 Å². The van der Waals surface area contributed by atoms with Crippen molar-refractivity contribution in [2.75, 3.05) is 16.8 Å². The summed E-state index contributed by atoms with van der Waals surface area (Å²) in [6, 6.07) is 19.5. The molecule has 5 rings (SSSR count). The van der Waals surface area contributed by atoms with E-state index in [4.69, 9.17) is 9.47 Å². The lowest BCUT2D eigenvalue weighted by atomic mass is 9.84. The van der Waals surface area contributed by atoms with E-state index in [0.29, 0.717) is 30.6 Å². The number of alkyl halides is 3. The third kappa shape index (κ3) is 8.93. The van der Waals surface area contributed by atoms with Crippen molar-refractivity contribution in [3.63, 3.8) is 0 Å². The van der Waals surface area contributed by atoms with Gasteiger partial charge >= 0.3 is 18.4 Å². The molecule has 3 amide bonds. The topological polar surface area (TPSA) is 88.2 Å². The van der Waals surface area contributed by atoms with Gasteiger partial charge < -0.3 is 19.7 Å². The van der Waals surface area contributed by atoms with Crippen LogP contribution in [0.4, 0.5) is 34.1 Å². The lowest BCUT2D eigenvalue weighted by Crippen LogP contribution is -2.48. The minimum absolute atomic E-state index is 0.0210. The second-order valence-corrected chi connectivity index (χ2v) is 13.8. The highest BCUT2D eigenvalue weighted by molar-refractivity contribution is 5.94. The number of benzene rings is 3. The zero-order valence-corrected chi connectivity index (χ0v) is 28.4. The molecule has 1 aliphatic carbocycles. The Morgan fingerprint density at radius 2 is 1.57 bits per heavy atom. The predicted molar refractivity (Wildman–Crippen MR) is 181 cm³/mol. The molecule has 0 radical (unpaired) electrons. The highest BCUT2D eigenvalue weighted by Gasteiger charge is 2.42. The first-order valence-corrected chi connectivity index (χ1v) is 16.8. The molecule has 2 atom stereocenters. The van der Waals surface area contributed by atoms with Crippen molar-refractivity contribution in [2.45, 2.75) is 96.7 Å². The summed E-state index contributed by atoms with van der Waals surface area (Å²) in [6.07, 6.45) is -1.04. The summed E-state index contributed by atoms with van der Waals surface area (Å²) in [7, 11) is 0. The number of nitrogens with one attached hydrogen (secondary N) is 1. The largest absolute Gasteiger partial charge is 0.444 e. The molecule has 1 aliphatic heterocycles. The van der Waals surface area contributed by atoms with E-state index >= 15 is 0 Å². The molecule has 0 spiro atoms. The maximum Gasteiger partial charge on any atom is 0.416 e. The van der Waals surface area contributed by atoms with Gasteiger partial charge in [-0.25, -0.2) is 9.59 Å². The van der Waals surface area contributed by atoms with Gasteiger partial charge in [0.15, 0.2) is 0 Å². The Bertz CT molecular complexity index is 1620. The lowest BCUT2D eigenvalue weighted by Gasteiger charge is -2.41. The van der Waals surface area contributed by atoms with Crippen molar-refractivity contribution < 1.29 is 37.0 Å². The molecule has 0 bridgehead atoms. The normalized spacial score (nSPS) is 18.6. The molecule has 1 heterocycles. The third-order valence-electron chi connectivity index (χ3n) is 9.01. The van der Waals surface area contributed by atoms with Crippen molar-refractivity contribution in [1.82, 2.24) is 4.90 Å². The van der Waals surface area contributed by atoms with Gasteiger partial charge in [-0.2, -0.15) is 13.2 Å². The van der Waals surface area contributed by atoms with Crippen LogP contribution in [0.25, 0.3) is 0 Å². The monoisotopic (exact) mass is 679 g/mol. The Balaban J connectivity index is 1.44. The van der Waals surface area contributed by atoms with Crippen molar-refractivity contribution in [1.29, 1.82) is 0 Å². The fraction of sp³-hybridized carbons (Fsp3) is 0.447. The molecule has 11 heteroatoms.